The lowest BCUT2D eigenvalue weighted by atomic mass is 10.0. The van der Waals surface area contributed by atoms with Gasteiger partial charge < -0.3 is 14.8 Å². The molecule has 0 amide bonds. The zero-order valence-corrected chi connectivity index (χ0v) is 16.0. The van der Waals surface area contributed by atoms with Gasteiger partial charge in [0.05, 0.1) is 17.0 Å². The van der Waals surface area contributed by atoms with E-state index in [1.54, 1.807) is 0 Å². The van der Waals surface area contributed by atoms with Gasteiger partial charge in [-0.2, -0.15) is 18.4 Å². The number of rotatable bonds is 4. The number of hydrogen-bond donors (Lipinski definition) is 1. The van der Waals surface area contributed by atoms with E-state index in [0.29, 0.717) is 28.8 Å². The van der Waals surface area contributed by atoms with E-state index in [-0.39, 0.29) is 6.04 Å². The fourth-order valence-electron chi connectivity index (χ4n) is 4.09. The van der Waals surface area contributed by atoms with Crippen LogP contribution in [0.5, 0.6) is 0 Å². The fourth-order valence-corrected chi connectivity index (χ4v) is 4.09. The highest BCUT2D eigenvalue weighted by Crippen LogP contribution is 2.36. The molecule has 1 N–H and O–H groups in total. The third kappa shape index (κ3) is 3.72. The topological polar surface area (TPSA) is 71.8 Å². The van der Waals surface area contributed by atoms with Gasteiger partial charge in [0.2, 0.25) is 0 Å². The average Bonchev–Trinajstić information content (AvgIpc) is 3.09. The zero-order chi connectivity index (χ0) is 20.6. The summed E-state index contributed by atoms with van der Waals surface area (Å²) in [5.41, 5.74) is 0.220. The molecule has 152 valence electrons. The zero-order valence-electron chi connectivity index (χ0n) is 16.0. The Morgan fingerprint density at radius 2 is 2.17 bits per heavy atom. The fraction of sp³-hybridized carbons (Fsp3) is 0.450. The van der Waals surface area contributed by atoms with E-state index < -0.39 is 11.7 Å². The van der Waals surface area contributed by atoms with Crippen molar-refractivity contribution in [3.63, 3.8) is 0 Å². The highest BCUT2D eigenvalue weighted by Gasteiger charge is 2.31. The second-order valence-corrected chi connectivity index (χ2v) is 7.42. The van der Waals surface area contributed by atoms with Crippen molar-refractivity contribution in [2.45, 2.75) is 31.5 Å². The smallest absolute Gasteiger partial charge is 0.355 e. The largest absolute Gasteiger partial charge is 0.416 e. The number of aromatic amines is 1. The van der Waals surface area contributed by atoms with Crippen molar-refractivity contribution < 1.29 is 13.2 Å². The van der Waals surface area contributed by atoms with Gasteiger partial charge in [0, 0.05) is 43.5 Å². The van der Waals surface area contributed by atoms with Crippen LogP contribution in [0.1, 0.15) is 24.8 Å². The van der Waals surface area contributed by atoms with Crippen molar-refractivity contribution in [2.24, 2.45) is 0 Å². The molecule has 1 atom stereocenters. The number of halogens is 3. The molecule has 2 aromatic heterocycles. The molecule has 1 aliphatic rings. The second kappa shape index (κ2) is 7.52. The number of nitrogens with one attached hydrogen (secondary N) is 1. The van der Waals surface area contributed by atoms with Gasteiger partial charge in [0.1, 0.15) is 17.8 Å². The second-order valence-electron chi connectivity index (χ2n) is 7.42. The molecular weight excluding hydrogens is 381 g/mol. The van der Waals surface area contributed by atoms with Crippen LogP contribution in [0.2, 0.25) is 0 Å². The van der Waals surface area contributed by atoms with E-state index in [1.807, 2.05) is 7.05 Å². The van der Waals surface area contributed by atoms with Crippen molar-refractivity contribution in [1.82, 2.24) is 19.9 Å². The molecule has 3 aromatic rings. The minimum absolute atomic E-state index is 0.208. The van der Waals surface area contributed by atoms with E-state index in [4.69, 9.17) is 5.26 Å². The standard InChI is InChI=1S/C20H21F3N6/c1-28(14-4-2-8-29(11-14)9-3-7-24)19-17-15-6-5-13(20(21,22)23)10-16(15)27-18(17)25-12-26-19/h5-6,10,12,14H,2-4,8-9,11H2,1H3,(H,25,26,27). The summed E-state index contributed by atoms with van der Waals surface area (Å²) in [5, 5.41) is 10.2. The lowest BCUT2D eigenvalue weighted by molar-refractivity contribution is -0.137. The first-order valence-corrected chi connectivity index (χ1v) is 9.54. The molecule has 0 spiro atoms. The van der Waals surface area contributed by atoms with Crippen molar-refractivity contribution in [3.8, 4) is 6.07 Å². The molecule has 6 nitrogen and oxygen atoms in total. The Hall–Kier alpha value is -2.86. The molecule has 0 saturated carbocycles. The molecule has 1 aromatic carbocycles. The lowest BCUT2D eigenvalue weighted by Gasteiger charge is -2.38. The first kappa shape index (κ1) is 19.5. The van der Waals surface area contributed by atoms with Gasteiger partial charge in [-0.25, -0.2) is 9.97 Å². The number of alkyl halides is 3. The van der Waals surface area contributed by atoms with E-state index >= 15 is 0 Å². The van der Waals surface area contributed by atoms with Crippen LogP contribution in [0.3, 0.4) is 0 Å². The molecule has 4 rings (SSSR count). The highest BCUT2D eigenvalue weighted by molar-refractivity contribution is 6.11. The molecule has 1 aliphatic heterocycles. The molecule has 1 saturated heterocycles. The lowest BCUT2D eigenvalue weighted by Crippen LogP contribution is -2.47. The summed E-state index contributed by atoms with van der Waals surface area (Å²) in [4.78, 5) is 16.1. The van der Waals surface area contributed by atoms with Gasteiger partial charge in [0.15, 0.2) is 0 Å². The molecule has 1 unspecified atom stereocenters. The van der Waals surface area contributed by atoms with Gasteiger partial charge in [0.25, 0.3) is 0 Å². The Morgan fingerprint density at radius 3 is 2.93 bits per heavy atom. The van der Waals surface area contributed by atoms with Gasteiger partial charge in [-0.1, -0.05) is 6.07 Å². The van der Waals surface area contributed by atoms with Crippen molar-refractivity contribution in [1.29, 1.82) is 5.26 Å². The first-order chi connectivity index (χ1) is 13.9. The number of fused-ring (bicyclic) bond motifs is 3. The predicted octanol–water partition coefficient (Wildman–Crippen LogP) is 3.94. The Labute approximate surface area is 165 Å². The quantitative estimate of drug-likeness (QED) is 0.716. The van der Waals surface area contributed by atoms with E-state index in [9.17, 15) is 13.2 Å². The maximum atomic E-state index is 13.1. The SMILES string of the molecule is CN(c1ncnc2[nH]c3cc(C(F)(F)F)ccc3c12)C1CCCN(CCC#N)C1. The maximum Gasteiger partial charge on any atom is 0.416 e. The Morgan fingerprint density at radius 1 is 1.34 bits per heavy atom. The summed E-state index contributed by atoms with van der Waals surface area (Å²) < 4.78 is 39.2. The number of nitrogens with zero attached hydrogens (tertiary/aromatic N) is 5. The van der Waals surface area contributed by atoms with Crippen LogP contribution in [0, 0.1) is 11.3 Å². The van der Waals surface area contributed by atoms with Gasteiger partial charge >= 0.3 is 6.18 Å². The number of hydrogen-bond acceptors (Lipinski definition) is 5. The van der Waals surface area contributed by atoms with E-state index in [1.165, 1.54) is 12.4 Å². The number of anilines is 1. The highest BCUT2D eigenvalue weighted by atomic mass is 19.4. The van der Waals surface area contributed by atoms with Crippen molar-refractivity contribution in [2.75, 3.05) is 31.6 Å². The number of likely N-dealkylation sites (N-methyl/N-ethyl adjacent to an activating group) is 1. The number of piperidine rings is 1. The van der Waals surface area contributed by atoms with E-state index in [2.05, 4.69) is 30.8 Å². The molecule has 9 heteroatoms. The summed E-state index contributed by atoms with van der Waals surface area (Å²) in [6.07, 6.45) is -0.447. The monoisotopic (exact) mass is 402 g/mol. The van der Waals surface area contributed by atoms with Crippen LogP contribution in [0.15, 0.2) is 24.5 Å². The van der Waals surface area contributed by atoms with Crippen LogP contribution in [-0.4, -0.2) is 52.6 Å². The summed E-state index contributed by atoms with van der Waals surface area (Å²) in [6, 6.07) is 6.09. The molecule has 0 radical (unpaired) electrons. The molecular formula is C20H21F3N6. The summed E-state index contributed by atoms with van der Waals surface area (Å²) >= 11 is 0. The molecule has 1 fully saturated rings. The van der Waals surface area contributed by atoms with E-state index in [0.717, 1.165) is 50.0 Å². The van der Waals surface area contributed by atoms with Gasteiger partial charge in [-0.15, -0.1) is 0 Å². The number of aromatic nitrogens is 3. The average molecular weight is 402 g/mol. The number of H-pyrrole nitrogens is 1. The third-order valence-electron chi connectivity index (χ3n) is 5.60. The number of likely N-dealkylation sites (tertiary alicyclic amines) is 1. The Kier molecular flexibility index (Phi) is 5.04. The minimum atomic E-state index is -4.40. The number of nitriles is 1. The predicted molar refractivity (Wildman–Crippen MR) is 104 cm³/mol. The maximum absolute atomic E-state index is 13.1. The summed E-state index contributed by atoms with van der Waals surface area (Å²) in [6.45, 7) is 2.54. The summed E-state index contributed by atoms with van der Waals surface area (Å²) in [5.74, 6) is 0.702. The number of benzene rings is 1. The van der Waals surface area contributed by atoms with Gasteiger partial charge in [-0.3, -0.25) is 0 Å². The van der Waals surface area contributed by atoms with Crippen LogP contribution >= 0.6 is 0 Å². The summed E-state index contributed by atoms with van der Waals surface area (Å²) in [7, 11) is 1.96. The van der Waals surface area contributed by atoms with Crippen LogP contribution in [-0.2, 0) is 6.18 Å². The molecule has 3 heterocycles. The van der Waals surface area contributed by atoms with Crippen LogP contribution in [0.4, 0.5) is 19.0 Å². The molecule has 0 aliphatic carbocycles. The van der Waals surface area contributed by atoms with Crippen molar-refractivity contribution >= 4 is 27.8 Å². The molecule has 29 heavy (non-hydrogen) atoms. The minimum Gasteiger partial charge on any atom is -0.355 e. The first-order valence-electron chi connectivity index (χ1n) is 9.54. The van der Waals surface area contributed by atoms with Crippen LogP contribution in [0.25, 0.3) is 21.9 Å². The molecule has 0 bridgehead atoms. The Bertz CT molecular complexity index is 1070. The normalized spacial score (nSPS) is 18.2. The van der Waals surface area contributed by atoms with Gasteiger partial charge in [-0.05, 0) is 31.5 Å². The third-order valence-corrected chi connectivity index (χ3v) is 5.60. The van der Waals surface area contributed by atoms with Crippen molar-refractivity contribution in [3.05, 3.63) is 30.1 Å². The van der Waals surface area contributed by atoms with Crippen LogP contribution < -0.4 is 4.90 Å². The Balaban J connectivity index is 1.71.